The Bertz CT molecular complexity index is 1570. The Balaban J connectivity index is 1.45. The number of aryl methyl sites for hydroxylation is 3. The lowest BCUT2D eigenvalue weighted by atomic mass is 9.97. The second-order valence-corrected chi connectivity index (χ2v) is 9.34. The average molecular weight is 488 g/mol. The number of hydrogen-bond donors (Lipinski definition) is 1. The molecule has 0 fully saturated rings. The lowest BCUT2D eigenvalue weighted by Gasteiger charge is -2.12. The lowest BCUT2D eigenvalue weighted by Crippen LogP contribution is -2.23. The smallest absolute Gasteiger partial charge is 0.268 e. The number of amides is 1. The fourth-order valence-electron chi connectivity index (χ4n) is 4.38. The number of aromatic nitrogens is 2. The summed E-state index contributed by atoms with van der Waals surface area (Å²) in [7, 11) is 0. The highest BCUT2D eigenvalue weighted by atomic mass is 32.1. The van der Waals surface area contributed by atoms with Crippen molar-refractivity contribution in [3.8, 4) is 5.69 Å². The van der Waals surface area contributed by atoms with Crippen LogP contribution in [0.4, 0.5) is 5.69 Å². The van der Waals surface area contributed by atoms with Crippen LogP contribution >= 0.6 is 11.3 Å². The minimum atomic E-state index is -0.512. The van der Waals surface area contributed by atoms with Crippen molar-refractivity contribution < 1.29 is 9.72 Å². The maximum atomic E-state index is 13.5. The monoisotopic (exact) mass is 487 g/mol. The van der Waals surface area contributed by atoms with E-state index in [0.717, 1.165) is 36.1 Å². The van der Waals surface area contributed by atoms with E-state index in [9.17, 15) is 19.7 Å². The van der Waals surface area contributed by atoms with Crippen LogP contribution < -0.4 is 11.0 Å². The minimum Gasteiger partial charge on any atom is -0.268 e. The van der Waals surface area contributed by atoms with E-state index in [4.69, 9.17) is 4.98 Å². The Labute approximate surface area is 203 Å². The highest BCUT2D eigenvalue weighted by molar-refractivity contribution is 7.18. The molecule has 2 aromatic heterocycles. The number of para-hydroxylation sites is 1. The standard InChI is InChI=1S/C25H21N5O4S/c1-15-27-24-22(19-10-3-5-12-21(19)35-24)25(32)29(15)18-9-6-8-16(13-18)23(31)28-26-14-17-7-2-4-11-20(17)30(33)34/h2,4,6-9,11,13-14H,3,5,10,12H2,1H3,(H,28,31)/b26-14+. The molecule has 0 spiro atoms. The van der Waals surface area contributed by atoms with Gasteiger partial charge in [0.05, 0.1) is 27.8 Å². The summed E-state index contributed by atoms with van der Waals surface area (Å²) in [6.45, 7) is 1.78. The number of nitrogens with zero attached hydrogens (tertiary/aromatic N) is 4. The SMILES string of the molecule is Cc1nc2sc3c(c2c(=O)n1-c1cccc(C(=O)N/N=C/c2ccccc2[N+](=O)[O-])c1)CCCC3. The Hall–Kier alpha value is -4.18. The molecule has 10 heteroatoms. The molecule has 0 bridgehead atoms. The average Bonchev–Trinajstić information content (AvgIpc) is 3.22. The van der Waals surface area contributed by atoms with E-state index in [2.05, 4.69) is 10.5 Å². The van der Waals surface area contributed by atoms with Gasteiger partial charge in [0, 0.05) is 16.5 Å². The number of nitro benzene ring substituents is 1. The third-order valence-corrected chi connectivity index (χ3v) is 7.21. The van der Waals surface area contributed by atoms with Crippen molar-refractivity contribution >= 4 is 39.4 Å². The van der Waals surface area contributed by atoms with Crippen molar-refractivity contribution in [3.05, 3.63) is 96.4 Å². The molecule has 0 saturated heterocycles. The molecule has 176 valence electrons. The van der Waals surface area contributed by atoms with Gasteiger partial charge in [0.2, 0.25) is 0 Å². The molecule has 0 saturated carbocycles. The topological polar surface area (TPSA) is 119 Å². The molecular formula is C25H21N5O4S. The summed E-state index contributed by atoms with van der Waals surface area (Å²) in [6.07, 6.45) is 5.29. The van der Waals surface area contributed by atoms with Gasteiger partial charge in [-0.05, 0) is 62.4 Å². The van der Waals surface area contributed by atoms with Crippen LogP contribution in [0.2, 0.25) is 0 Å². The van der Waals surface area contributed by atoms with E-state index >= 15 is 0 Å². The summed E-state index contributed by atoms with van der Waals surface area (Å²) in [5.41, 5.74) is 4.37. The third kappa shape index (κ3) is 4.24. The molecule has 0 aliphatic heterocycles. The van der Waals surface area contributed by atoms with Gasteiger partial charge in [-0.2, -0.15) is 5.10 Å². The summed E-state index contributed by atoms with van der Waals surface area (Å²) in [5.74, 6) is 0.0439. The molecule has 1 aliphatic carbocycles. The zero-order valence-corrected chi connectivity index (χ0v) is 19.7. The fraction of sp³-hybridized carbons (Fsp3) is 0.200. The van der Waals surface area contributed by atoms with Crippen molar-refractivity contribution in [2.75, 3.05) is 0 Å². The molecule has 2 aromatic carbocycles. The van der Waals surface area contributed by atoms with Gasteiger partial charge in [0.1, 0.15) is 10.7 Å². The number of thiophene rings is 1. The molecule has 2 heterocycles. The number of nitrogens with one attached hydrogen (secondary N) is 1. The summed E-state index contributed by atoms with van der Waals surface area (Å²) in [6, 6.07) is 12.8. The molecule has 5 rings (SSSR count). The Morgan fingerprint density at radius 1 is 1.20 bits per heavy atom. The zero-order valence-electron chi connectivity index (χ0n) is 18.9. The number of rotatable bonds is 5. The van der Waals surface area contributed by atoms with E-state index in [0.29, 0.717) is 22.5 Å². The summed E-state index contributed by atoms with van der Waals surface area (Å²) in [5, 5.41) is 15.7. The highest BCUT2D eigenvalue weighted by Gasteiger charge is 2.22. The normalized spacial score (nSPS) is 13.2. The number of hydrogen-bond acceptors (Lipinski definition) is 7. The number of hydrazone groups is 1. The molecule has 1 N–H and O–H groups in total. The van der Waals surface area contributed by atoms with Crippen molar-refractivity contribution in [2.24, 2.45) is 5.10 Å². The molecule has 1 amide bonds. The van der Waals surface area contributed by atoms with Gasteiger partial charge >= 0.3 is 0 Å². The van der Waals surface area contributed by atoms with Crippen LogP contribution in [0.25, 0.3) is 15.9 Å². The summed E-state index contributed by atoms with van der Waals surface area (Å²) in [4.78, 5) is 43.6. The van der Waals surface area contributed by atoms with Crippen LogP contribution in [-0.4, -0.2) is 26.6 Å². The molecule has 1 aliphatic rings. The number of nitro groups is 1. The van der Waals surface area contributed by atoms with Crippen LogP contribution in [0, 0.1) is 17.0 Å². The van der Waals surface area contributed by atoms with Crippen molar-refractivity contribution in [1.82, 2.24) is 15.0 Å². The first-order valence-electron chi connectivity index (χ1n) is 11.1. The molecule has 0 radical (unpaired) electrons. The zero-order chi connectivity index (χ0) is 24.5. The van der Waals surface area contributed by atoms with Gasteiger partial charge in [0.25, 0.3) is 17.2 Å². The van der Waals surface area contributed by atoms with Crippen molar-refractivity contribution in [2.45, 2.75) is 32.6 Å². The largest absolute Gasteiger partial charge is 0.278 e. The molecular weight excluding hydrogens is 466 g/mol. The van der Waals surface area contributed by atoms with Crippen molar-refractivity contribution in [1.29, 1.82) is 0 Å². The number of benzene rings is 2. The van der Waals surface area contributed by atoms with Crippen LogP contribution in [0.5, 0.6) is 0 Å². The third-order valence-electron chi connectivity index (χ3n) is 6.03. The lowest BCUT2D eigenvalue weighted by molar-refractivity contribution is -0.385. The quantitative estimate of drug-likeness (QED) is 0.256. The first-order valence-corrected chi connectivity index (χ1v) is 12.0. The maximum Gasteiger partial charge on any atom is 0.278 e. The molecule has 35 heavy (non-hydrogen) atoms. The number of carbonyl (C=O) groups is 1. The van der Waals surface area contributed by atoms with Crippen LogP contribution in [0.15, 0.2) is 58.4 Å². The van der Waals surface area contributed by atoms with Gasteiger partial charge in [-0.3, -0.25) is 24.3 Å². The van der Waals surface area contributed by atoms with Crippen LogP contribution in [0.3, 0.4) is 0 Å². The Kier molecular flexibility index (Phi) is 5.96. The Morgan fingerprint density at radius 2 is 2.00 bits per heavy atom. The van der Waals surface area contributed by atoms with Gasteiger partial charge in [-0.25, -0.2) is 10.4 Å². The first-order chi connectivity index (χ1) is 16.9. The van der Waals surface area contributed by atoms with E-state index in [1.165, 1.54) is 27.8 Å². The molecule has 9 nitrogen and oxygen atoms in total. The van der Waals surface area contributed by atoms with E-state index in [-0.39, 0.29) is 16.8 Å². The Morgan fingerprint density at radius 3 is 2.83 bits per heavy atom. The second kappa shape index (κ2) is 9.22. The molecule has 4 aromatic rings. The van der Waals surface area contributed by atoms with E-state index in [1.807, 2.05) is 0 Å². The summed E-state index contributed by atoms with van der Waals surface area (Å²) < 4.78 is 1.54. The maximum absolute atomic E-state index is 13.5. The predicted octanol–water partition coefficient (Wildman–Crippen LogP) is 4.31. The second-order valence-electron chi connectivity index (χ2n) is 8.26. The summed E-state index contributed by atoms with van der Waals surface area (Å²) >= 11 is 1.60. The number of fused-ring (bicyclic) bond motifs is 3. The number of carbonyl (C=O) groups excluding carboxylic acids is 1. The van der Waals surface area contributed by atoms with E-state index < -0.39 is 10.8 Å². The van der Waals surface area contributed by atoms with E-state index in [1.54, 1.807) is 54.7 Å². The molecule has 0 unspecified atom stereocenters. The minimum absolute atomic E-state index is 0.110. The predicted molar refractivity (Wildman–Crippen MR) is 135 cm³/mol. The highest BCUT2D eigenvalue weighted by Crippen LogP contribution is 2.34. The van der Waals surface area contributed by atoms with Gasteiger partial charge in [-0.1, -0.05) is 18.2 Å². The van der Waals surface area contributed by atoms with Gasteiger partial charge in [0.15, 0.2) is 0 Å². The van der Waals surface area contributed by atoms with Gasteiger partial charge in [-0.15, -0.1) is 11.3 Å². The van der Waals surface area contributed by atoms with Crippen LogP contribution in [-0.2, 0) is 12.8 Å². The van der Waals surface area contributed by atoms with Gasteiger partial charge < -0.3 is 0 Å². The molecule has 0 atom stereocenters. The fourth-order valence-corrected chi connectivity index (χ4v) is 5.68. The van der Waals surface area contributed by atoms with Crippen molar-refractivity contribution in [3.63, 3.8) is 0 Å². The van der Waals surface area contributed by atoms with Crippen LogP contribution in [0.1, 0.15) is 45.0 Å². The first kappa shape index (κ1) is 22.6.